The third-order valence-electron chi connectivity index (χ3n) is 4.75. The fourth-order valence-corrected chi connectivity index (χ4v) is 3.33. The van der Waals surface area contributed by atoms with Crippen LogP contribution < -0.4 is 5.32 Å². The molecule has 1 aromatic heterocycles. The molecule has 0 aliphatic heterocycles. The van der Waals surface area contributed by atoms with Crippen molar-refractivity contribution in [2.45, 2.75) is 19.8 Å². The van der Waals surface area contributed by atoms with E-state index in [1.165, 1.54) is 5.56 Å². The van der Waals surface area contributed by atoms with Crippen LogP contribution in [0.4, 0.5) is 0 Å². The van der Waals surface area contributed by atoms with E-state index in [9.17, 15) is 9.59 Å². The molecule has 1 amide bonds. The van der Waals surface area contributed by atoms with E-state index in [0.717, 1.165) is 6.54 Å². The lowest BCUT2D eigenvalue weighted by molar-refractivity contribution is 0.0387. The van der Waals surface area contributed by atoms with Crippen molar-refractivity contribution in [2.24, 2.45) is 0 Å². The third-order valence-corrected chi connectivity index (χ3v) is 4.75. The molecule has 0 saturated carbocycles. The van der Waals surface area contributed by atoms with Crippen molar-refractivity contribution in [2.75, 3.05) is 47.5 Å². The molecule has 1 heterocycles. The molecule has 1 aromatic carbocycles. The summed E-state index contributed by atoms with van der Waals surface area (Å²) in [5.74, 6) is -0.534. The predicted octanol–water partition coefficient (Wildman–Crippen LogP) is 2.51. The van der Waals surface area contributed by atoms with Gasteiger partial charge in [-0.05, 0) is 39.1 Å². The van der Waals surface area contributed by atoms with E-state index in [2.05, 4.69) is 27.3 Å². The highest BCUT2D eigenvalue weighted by molar-refractivity contribution is 6.00. The minimum Gasteiger partial charge on any atom is -0.460 e. The van der Waals surface area contributed by atoms with Gasteiger partial charge < -0.3 is 24.7 Å². The van der Waals surface area contributed by atoms with E-state index in [1.54, 1.807) is 21.0 Å². The van der Waals surface area contributed by atoms with Crippen molar-refractivity contribution < 1.29 is 19.1 Å². The number of carbonyl (C=O) groups is 2. The van der Waals surface area contributed by atoms with Crippen LogP contribution in [0.1, 0.15) is 43.6 Å². The third kappa shape index (κ3) is 6.17. The first-order valence-corrected chi connectivity index (χ1v) is 9.68. The summed E-state index contributed by atoms with van der Waals surface area (Å²) < 4.78 is 10.1. The van der Waals surface area contributed by atoms with Crippen molar-refractivity contribution in [3.8, 4) is 0 Å². The van der Waals surface area contributed by atoms with Gasteiger partial charge in [0.2, 0.25) is 0 Å². The fourth-order valence-electron chi connectivity index (χ4n) is 3.33. The Balaban J connectivity index is 2.10. The Labute approximate surface area is 172 Å². The Morgan fingerprint density at radius 3 is 2.45 bits per heavy atom. The van der Waals surface area contributed by atoms with Gasteiger partial charge >= 0.3 is 5.97 Å². The van der Waals surface area contributed by atoms with Crippen LogP contribution >= 0.6 is 0 Å². The molecule has 1 unspecified atom stereocenters. The second kappa shape index (κ2) is 10.8. The number of ether oxygens (including phenoxy) is 2. The van der Waals surface area contributed by atoms with Gasteiger partial charge in [0.25, 0.3) is 5.91 Å². The highest BCUT2D eigenvalue weighted by Crippen LogP contribution is 2.20. The van der Waals surface area contributed by atoms with Crippen LogP contribution in [0, 0.1) is 13.8 Å². The maximum Gasteiger partial charge on any atom is 0.340 e. The molecule has 0 aliphatic rings. The number of aromatic amines is 1. The Bertz CT molecular complexity index is 815. The summed E-state index contributed by atoms with van der Waals surface area (Å²) in [6.45, 7) is 5.31. The number of likely N-dealkylation sites (N-methyl/N-ethyl adjacent to an activating group) is 1. The number of amides is 1. The largest absolute Gasteiger partial charge is 0.460 e. The molecule has 0 saturated heterocycles. The lowest BCUT2D eigenvalue weighted by atomic mass is 9.98. The molecule has 2 aromatic rings. The molecular weight excluding hydrogens is 370 g/mol. The number of hydrogen-bond acceptors (Lipinski definition) is 5. The molecule has 2 N–H and O–H groups in total. The molecule has 0 bridgehead atoms. The Kier molecular flexibility index (Phi) is 8.42. The number of aryl methyl sites for hydroxylation is 1. The van der Waals surface area contributed by atoms with Crippen molar-refractivity contribution in [1.29, 1.82) is 0 Å². The van der Waals surface area contributed by atoms with Crippen molar-refractivity contribution in [1.82, 2.24) is 15.2 Å². The van der Waals surface area contributed by atoms with Gasteiger partial charge in [-0.1, -0.05) is 30.3 Å². The maximum absolute atomic E-state index is 12.8. The number of nitrogens with one attached hydrogen (secondary N) is 2. The van der Waals surface area contributed by atoms with Crippen LogP contribution in [-0.2, 0) is 9.47 Å². The minimum atomic E-state index is -0.456. The van der Waals surface area contributed by atoms with E-state index in [1.807, 2.05) is 32.3 Å². The van der Waals surface area contributed by atoms with E-state index < -0.39 is 5.97 Å². The first-order chi connectivity index (χ1) is 13.8. The topological polar surface area (TPSA) is 83.7 Å². The standard InChI is InChI=1S/C22H31N3O4/c1-15-19(22(27)29-12-11-28-5)16(2)24-20(15)21(26)23-13-18(14-25(3)4)17-9-7-6-8-10-17/h6-10,18,24H,11-14H2,1-5H3,(H,23,26). The Morgan fingerprint density at radius 2 is 1.83 bits per heavy atom. The van der Waals surface area contributed by atoms with Crippen molar-refractivity contribution in [3.63, 3.8) is 0 Å². The average Bonchev–Trinajstić information content (AvgIpc) is 2.99. The first kappa shape index (κ1) is 22.6. The number of methoxy groups -OCH3 is 1. The summed E-state index contributed by atoms with van der Waals surface area (Å²) >= 11 is 0. The molecule has 0 radical (unpaired) electrons. The minimum absolute atomic E-state index is 0.157. The summed E-state index contributed by atoms with van der Waals surface area (Å²) in [6.07, 6.45) is 0. The SMILES string of the molecule is COCCOC(=O)c1c(C)[nH]c(C(=O)NCC(CN(C)C)c2ccccc2)c1C. The molecule has 7 heteroatoms. The number of benzene rings is 1. The highest BCUT2D eigenvalue weighted by atomic mass is 16.6. The number of nitrogens with zero attached hydrogens (tertiary/aromatic N) is 1. The number of hydrogen-bond donors (Lipinski definition) is 2. The van der Waals surface area contributed by atoms with Crippen LogP contribution in [0.5, 0.6) is 0 Å². The Morgan fingerprint density at radius 1 is 1.14 bits per heavy atom. The van der Waals surface area contributed by atoms with Crippen LogP contribution in [0.15, 0.2) is 30.3 Å². The monoisotopic (exact) mass is 401 g/mol. The smallest absolute Gasteiger partial charge is 0.340 e. The zero-order chi connectivity index (χ0) is 21.4. The van der Waals surface area contributed by atoms with E-state index in [-0.39, 0.29) is 18.4 Å². The van der Waals surface area contributed by atoms with Gasteiger partial charge in [-0.15, -0.1) is 0 Å². The number of carbonyl (C=O) groups excluding carboxylic acids is 2. The lowest BCUT2D eigenvalue weighted by Crippen LogP contribution is -2.33. The molecule has 2 rings (SSSR count). The molecule has 0 spiro atoms. The predicted molar refractivity (Wildman–Crippen MR) is 112 cm³/mol. The number of aromatic nitrogens is 1. The van der Waals surface area contributed by atoms with Gasteiger partial charge in [0.15, 0.2) is 0 Å². The summed E-state index contributed by atoms with van der Waals surface area (Å²) in [5.41, 5.74) is 3.16. The fraction of sp³-hybridized carbons (Fsp3) is 0.455. The van der Waals surface area contributed by atoms with Gasteiger partial charge in [-0.25, -0.2) is 4.79 Å². The van der Waals surface area contributed by atoms with Gasteiger partial charge in [0.1, 0.15) is 12.3 Å². The van der Waals surface area contributed by atoms with E-state index in [4.69, 9.17) is 9.47 Å². The van der Waals surface area contributed by atoms with Crippen LogP contribution in [0.25, 0.3) is 0 Å². The van der Waals surface area contributed by atoms with Gasteiger partial charge in [-0.3, -0.25) is 4.79 Å². The maximum atomic E-state index is 12.8. The molecule has 0 fully saturated rings. The van der Waals surface area contributed by atoms with Crippen LogP contribution in [0.3, 0.4) is 0 Å². The molecule has 0 aliphatic carbocycles. The number of H-pyrrole nitrogens is 1. The van der Waals surface area contributed by atoms with Crippen LogP contribution in [0.2, 0.25) is 0 Å². The van der Waals surface area contributed by atoms with E-state index in [0.29, 0.717) is 35.7 Å². The second-order valence-electron chi connectivity index (χ2n) is 7.33. The quantitative estimate of drug-likeness (QED) is 0.472. The lowest BCUT2D eigenvalue weighted by Gasteiger charge is -2.22. The van der Waals surface area contributed by atoms with Gasteiger partial charge in [0.05, 0.1) is 12.2 Å². The summed E-state index contributed by atoms with van der Waals surface area (Å²) in [7, 11) is 5.57. The summed E-state index contributed by atoms with van der Waals surface area (Å²) in [4.78, 5) is 30.3. The number of esters is 1. The zero-order valence-corrected chi connectivity index (χ0v) is 17.9. The van der Waals surface area contributed by atoms with E-state index >= 15 is 0 Å². The Hall–Kier alpha value is -2.64. The molecule has 7 nitrogen and oxygen atoms in total. The van der Waals surface area contributed by atoms with Crippen LogP contribution in [-0.4, -0.2) is 69.3 Å². The normalized spacial score (nSPS) is 12.1. The summed E-state index contributed by atoms with van der Waals surface area (Å²) in [5, 5.41) is 3.01. The van der Waals surface area contributed by atoms with Crippen molar-refractivity contribution in [3.05, 3.63) is 58.4 Å². The molecule has 1 atom stereocenters. The first-order valence-electron chi connectivity index (χ1n) is 9.68. The van der Waals surface area contributed by atoms with Gasteiger partial charge in [0, 0.05) is 31.8 Å². The second-order valence-corrected chi connectivity index (χ2v) is 7.33. The molecular formula is C22H31N3O4. The highest BCUT2D eigenvalue weighted by Gasteiger charge is 2.23. The van der Waals surface area contributed by atoms with Crippen molar-refractivity contribution >= 4 is 11.9 Å². The zero-order valence-electron chi connectivity index (χ0n) is 17.9. The summed E-state index contributed by atoms with van der Waals surface area (Å²) in [6, 6.07) is 10.1. The molecule has 29 heavy (non-hydrogen) atoms. The number of rotatable bonds is 10. The molecule has 158 valence electrons. The average molecular weight is 402 g/mol. The van der Waals surface area contributed by atoms with Gasteiger partial charge in [-0.2, -0.15) is 0 Å².